The number of rotatable bonds is 4. The van der Waals surface area contributed by atoms with Crippen LogP contribution in [-0.4, -0.2) is 13.1 Å². The summed E-state index contributed by atoms with van der Waals surface area (Å²) in [6.07, 6.45) is 0. The highest BCUT2D eigenvalue weighted by atomic mass is 16.5. The maximum atomic E-state index is 11.6. The van der Waals surface area contributed by atoms with Crippen molar-refractivity contribution in [3.63, 3.8) is 0 Å². The van der Waals surface area contributed by atoms with Crippen LogP contribution in [0, 0.1) is 18.3 Å². The molecule has 0 amide bonds. The Morgan fingerprint density at radius 1 is 1.29 bits per heavy atom. The molecule has 4 nitrogen and oxygen atoms in total. The quantitative estimate of drug-likeness (QED) is 0.873. The molecule has 0 radical (unpaired) electrons. The molecule has 2 aromatic rings. The summed E-state index contributed by atoms with van der Waals surface area (Å²) in [5.74, 6) is -0.365. The zero-order valence-electron chi connectivity index (χ0n) is 12.0. The number of methoxy groups -OCH3 is 1. The van der Waals surface area contributed by atoms with Crippen LogP contribution >= 0.6 is 0 Å². The fourth-order valence-electron chi connectivity index (χ4n) is 2.03. The fourth-order valence-corrected chi connectivity index (χ4v) is 2.03. The minimum Gasteiger partial charge on any atom is -0.465 e. The van der Waals surface area contributed by atoms with Gasteiger partial charge in [-0.05, 0) is 36.2 Å². The first-order valence-corrected chi connectivity index (χ1v) is 6.56. The number of nitrogens with one attached hydrogen (secondary N) is 1. The maximum Gasteiger partial charge on any atom is 0.337 e. The summed E-state index contributed by atoms with van der Waals surface area (Å²) in [7, 11) is 1.36. The average molecular weight is 280 g/mol. The van der Waals surface area contributed by atoms with Crippen LogP contribution in [0.2, 0.25) is 0 Å². The molecule has 1 N–H and O–H groups in total. The standard InChI is InChI=1S/C17H16N2O2/c1-12-7-8-13(17(20)21-2)9-16(12)19-11-15-6-4-3-5-14(15)10-18/h3-9,19H,11H2,1-2H3. The summed E-state index contributed by atoms with van der Waals surface area (Å²) >= 11 is 0. The average Bonchev–Trinajstić information content (AvgIpc) is 2.53. The zero-order chi connectivity index (χ0) is 15.2. The van der Waals surface area contributed by atoms with Gasteiger partial charge in [-0.3, -0.25) is 0 Å². The van der Waals surface area contributed by atoms with Crippen molar-refractivity contribution in [1.29, 1.82) is 5.26 Å². The van der Waals surface area contributed by atoms with Crippen LogP contribution in [0.3, 0.4) is 0 Å². The minimum atomic E-state index is -0.365. The second-order valence-electron chi connectivity index (χ2n) is 4.64. The lowest BCUT2D eigenvalue weighted by atomic mass is 10.1. The normalized spacial score (nSPS) is 9.76. The first-order chi connectivity index (χ1) is 10.2. The number of anilines is 1. The van der Waals surface area contributed by atoms with E-state index >= 15 is 0 Å². The van der Waals surface area contributed by atoms with E-state index in [9.17, 15) is 4.79 Å². The van der Waals surface area contributed by atoms with Gasteiger partial charge in [0.1, 0.15) is 0 Å². The van der Waals surface area contributed by atoms with Gasteiger partial charge in [-0.1, -0.05) is 24.3 Å². The topological polar surface area (TPSA) is 62.1 Å². The highest BCUT2D eigenvalue weighted by molar-refractivity contribution is 5.90. The number of esters is 1. The van der Waals surface area contributed by atoms with Crippen LogP contribution in [0.1, 0.15) is 27.0 Å². The van der Waals surface area contributed by atoms with Gasteiger partial charge in [0.25, 0.3) is 0 Å². The first kappa shape index (κ1) is 14.6. The Morgan fingerprint density at radius 3 is 2.76 bits per heavy atom. The van der Waals surface area contributed by atoms with Gasteiger partial charge in [-0.15, -0.1) is 0 Å². The summed E-state index contributed by atoms with van der Waals surface area (Å²) in [5.41, 5.74) is 3.94. The van der Waals surface area contributed by atoms with E-state index in [-0.39, 0.29) is 5.97 Å². The molecular weight excluding hydrogens is 264 g/mol. The van der Waals surface area contributed by atoms with Gasteiger partial charge in [0.05, 0.1) is 24.3 Å². The summed E-state index contributed by atoms with van der Waals surface area (Å²) in [6, 6.07) is 15.0. The molecule has 0 atom stereocenters. The first-order valence-electron chi connectivity index (χ1n) is 6.56. The third-order valence-corrected chi connectivity index (χ3v) is 3.27. The monoisotopic (exact) mass is 280 g/mol. The highest BCUT2D eigenvalue weighted by Gasteiger charge is 2.08. The van der Waals surface area contributed by atoms with Crippen LogP contribution in [0.4, 0.5) is 5.69 Å². The van der Waals surface area contributed by atoms with E-state index in [1.54, 1.807) is 18.2 Å². The Balaban J connectivity index is 2.20. The second kappa shape index (κ2) is 6.58. The molecule has 0 heterocycles. The Bertz CT molecular complexity index is 702. The fraction of sp³-hybridized carbons (Fsp3) is 0.176. The maximum absolute atomic E-state index is 11.6. The van der Waals surface area contributed by atoms with Gasteiger partial charge in [0.15, 0.2) is 0 Å². The summed E-state index contributed by atoms with van der Waals surface area (Å²) in [5, 5.41) is 12.3. The smallest absolute Gasteiger partial charge is 0.337 e. The van der Waals surface area contributed by atoms with Gasteiger partial charge < -0.3 is 10.1 Å². The Morgan fingerprint density at radius 2 is 2.05 bits per heavy atom. The van der Waals surface area contributed by atoms with E-state index in [0.29, 0.717) is 17.7 Å². The van der Waals surface area contributed by atoms with Crippen molar-refractivity contribution in [2.75, 3.05) is 12.4 Å². The molecule has 4 heteroatoms. The van der Waals surface area contributed by atoms with Crippen molar-refractivity contribution in [1.82, 2.24) is 0 Å². The SMILES string of the molecule is COC(=O)c1ccc(C)c(NCc2ccccc2C#N)c1. The van der Waals surface area contributed by atoms with Crippen molar-refractivity contribution in [2.24, 2.45) is 0 Å². The Kier molecular flexibility index (Phi) is 4.57. The van der Waals surface area contributed by atoms with Crippen molar-refractivity contribution >= 4 is 11.7 Å². The molecule has 0 aromatic heterocycles. The lowest BCUT2D eigenvalue weighted by Gasteiger charge is -2.12. The predicted octanol–water partition coefficient (Wildman–Crippen LogP) is 3.27. The van der Waals surface area contributed by atoms with Gasteiger partial charge in [-0.25, -0.2) is 4.79 Å². The van der Waals surface area contributed by atoms with Crippen molar-refractivity contribution in [3.8, 4) is 6.07 Å². The largest absolute Gasteiger partial charge is 0.465 e. The number of benzene rings is 2. The number of hydrogen-bond donors (Lipinski definition) is 1. The van der Waals surface area contributed by atoms with E-state index in [0.717, 1.165) is 16.8 Å². The molecule has 0 saturated heterocycles. The Hall–Kier alpha value is -2.80. The van der Waals surface area contributed by atoms with E-state index in [1.807, 2.05) is 31.2 Å². The van der Waals surface area contributed by atoms with Crippen LogP contribution in [0.5, 0.6) is 0 Å². The number of nitrogens with zero attached hydrogens (tertiary/aromatic N) is 1. The molecule has 0 unspecified atom stereocenters. The van der Waals surface area contributed by atoms with Crippen molar-refractivity contribution in [3.05, 3.63) is 64.7 Å². The Labute approximate surface area is 124 Å². The third kappa shape index (κ3) is 3.40. The van der Waals surface area contributed by atoms with Crippen molar-refractivity contribution < 1.29 is 9.53 Å². The number of hydrogen-bond acceptors (Lipinski definition) is 4. The van der Waals surface area contributed by atoms with Crippen LogP contribution < -0.4 is 5.32 Å². The molecule has 106 valence electrons. The molecule has 21 heavy (non-hydrogen) atoms. The zero-order valence-corrected chi connectivity index (χ0v) is 12.0. The molecule has 2 aromatic carbocycles. The molecule has 0 fully saturated rings. The molecule has 0 spiro atoms. The molecule has 0 aliphatic heterocycles. The van der Waals surface area contributed by atoms with Crippen molar-refractivity contribution in [2.45, 2.75) is 13.5 Å². The molecule has 0 bridgehead atoms. The van der Waals surface area contributed by atoms with E-state index in [1.165, 1.54) is 7.11 Å². The lowest BCUT2D eigenvalue weighted by Crippen LogP contribution is -2.06. The molecule has 2 rings (SSSR count). The van der Waals surface area contributed by atoms with Gasteiger partial charge in [0, 0.05) is 12.2 Å². The highest BCUT2D eigenvalue weighted by Crippen LogP contribution is 2.19. The summed E-state index contributed by atoms with van der Waals surface area (Å²) in [6.45, 7) is 2.48. The summed E-state index contributed by atoms with van der Waals surface area (Å²) < 4.78 is 4.72. The number of ether oxygens (including phenoxy) is 1. The van der Waals surface area contributed by atoms with Crippen LogP contribution in [-0.2, 0) is 11.3 Å². The van der Waals surface area contributed by atoms with Gasteiger partial charge >= 0.3 is 5.97 Å². The van der Waals surface area contributed by atoms with Gasteiger partial charge in [0.2, 0.25) is 0 Å². The van der Waals surface area contributed by atoms with Crippen LogP contribution in [0.25, 0.3) is 0 Å². The second-order valence-corrected chi connectivity index (χ2v) is 4.64. The van der Waals surface area contributed by atoms with E-state index in [4.69, 9.17) is 10.00 Å². The van der Waals surface area contributed by atoms with Crippen LogP contribution in [0.15, 0.2) is 42.5 Å². The molecule has 0 aliphatic rings. The molecular formula is C17H16N2O2. The number of nitriles is 1. The summed E-state index contributed by atoms with van der Waals surface area (Å²) in [4.78, 5) is 11.6. The minimum absolute atomic E-state index is 0.365. The number of carbonyl (C=O) groups excluding carboxylic acids is 1. The molecule has 0 aliphatic carbocycles. The van der Waals surface area contributed by atoms with Gasteiger partial charge in [-0.2, -0.15) is 5.26 Å². The number of carbonyl (C=O) groups is 1. The number of aryl methyl sites for hydroxylation is 1. The third-order valence-electron chi connectivity index (χ3n) is 3.27. The van der Waals surface area contributed by atoms with E-state index < -0.39 is 0 Å². The predicted molar refractivity (Wildman–Crippen MR) is 81.0 cm³/mol. The van der Waals surface area contributed by atoms with E-state index in [2.05, 4.69) is 11.4 Å². The lowest BCUT2D eigenvalue weighted by molar-refractivity contribution is 0.0601. The molecule has 0 saturated carbocycles.